The summed E-state index contributed by atoms with van der Waals surface area (Å²) < 4.78 is 32.2. The molecule has 0 unspecified atom stereocenters. The number of anilines is 3. The van der Waals surface area contributed by atoms with Crippen LogP contribution in [0.3, 0.4) is 0 Å². The molecule has 13 nitrogen and oxygen atoms in total. The monoisotopic (exact) mass is 688 g/mol. The van der Waals surface area contributed by atoms with Gasteiger partial charge in [-0.05, 0) is 88.3 Å². The first-order chi connectivity index (χ1) is 23.5. The molecule has 5 heterocycles. The van der Waals surface area contributed by atoms with E-state index >= 15 is 0 Å². The van der Waals surface area contributed by atoms with Crippen molar-refractivity contribution in [3.05, 3.63) is 65.4 Å². The van der Waals surface area contributed by atoms with Gasteiger partial charge in [0.1, 0.15) is 5.82 Å². The van der Waals surface area contributed by atoms with Gasteiger partial charge in [0.25, 0.3) is 5.91 Å². The van der Waals surface area contributed by atoms with E-state index in [-0.39, 0.29) is 24.5 Å². The highest BCUT2D eigenvalue weighted by Crippen LogP contribution is 2.38. The number of carbonyl (C=O) groups excluding carboxylic acids is 2. The van der Waals surface area contributed by atoms with Crippen LogP contribution in [0.15, 0.2) is 48.5 Å². The zero-order valence-corrected chi connectivity index (χ0v) is 29.1. The summed E-state index contributed by atoms with van der Waals surface area (Å²) >= 11 is 0. The number of rotatable bonds is 7. The van der Waals surface area contributed by atoms with Gasteiger partial charge in [0, 0.05) is 66.7 Å². The lowest BCUT2D eigenvalue weighted by Gasteiger charge is -2.38. The Balaban J connectivity index is 1.02. The number of amides is 3. The van der Waals surface area contributed by atoms with Crippen molar-refractivity contribution in [3.8, 4) is 11.4 Å². The molecule has 0 saturated carbocycles. The van der Waals surface area contributed by atoms with Crippen LogP contribution in [0, 0.1) is 0 Å². The molecule has 2 bridgehead atoms. The second-order valence-corrected chi connectivity index (χ2v) is 15.7. The van der Waals surface area contributed by atoms with Crippen LogP contribution in [-0.2, 0) is 27.7 Å². The molecule has 3 fully saturated rings. The van der Waals surface area contributed by atoms with Crippen LogP contribution in [0.1, 0.15) is 47.3 Å². The van der Waals surface area contributed by atoms with Crippen molar-refractivity contribution >= 4 is 39.2 Å². The standard InChI is InChI=1S/C35H44N8O5S/c1-40(2)27-14-17-41(18-15-27)34(44)24-6-10-26(11-7-24)37-35(45)36-25-8-4-23(5-9-25)32-38-31-16-19-42(49(3,46)47)20-30(31)33(39-32)43-28-12-13-29(43)22-48-21-28/h4-11,27-29H,12-22H2,1-3H3,(H2,36,37,45)/t28-,29+. The van der Waals surface area contributed by atoms with Crippen LogP contribution >= 0.6 is 0 Å². The first-order valence-electron chi connectivity index (χ1n) is 17.0. The number of aromatic nitrogens is 2. The minimum absolute atomic E-state index is 0.0107. The molecular formula is C35H44N8O5S. The molecule has 0 radical (unpaired) electrons. The summed E-state index contributed by atoms with van der Waals surface area (Å²) in [5.74, 6) is 1.38. The van der Waals surface area contributed by atoms with Crippen molar-refractivity contribution in [3.63, 3.8) is 0 Å². The second kappa shape index (κ2) is 13.7. The highest BCUT2D eigenvalue weighted by atomic mass is 32.2. The van der Waals surface area contributed by atoms with Gasteiger partial charge >= 0.3 is 6.03 Å². The van der Waals surface area contributed by atoms with Crippen LogP contribution in [0.2, 0.25) is 0 Å². The predicted octanol–water partition coefficient (Wildman–Crippen LogP) is 3.64. The van der Waals surface area contributed by atoms with Crippen molar-refractivity contribution in [2.45, 2.75) is 56.8 Å². The molecule has 14 heteroatoms. The van der Waals surface area contributed by atoms with Crippen molar-refractivity contribution in [2.24, 2.45) is 0 Å². The lowest BCUT2D eigenvalue weighted by Crippen LogP contribution is -2.48. The third-order valence-electron chi connectivity index (χ3n) is 10.2. The number of urea groups is 1. The fourth-order valence-corrected chi connectivity index (χ4v) is 8.22. The molecule has 7 rings (SSSR count). The fourth-order valence-electron chi connectivity index (χ4n) is 7.43. The number of nitrogens with zero attached hydrogens (tertiary/aromatic N) is 6. The van der Waals surface area contributed by atoms with Gasteiger partial charge < -0.3 is 30.1 Å². The van der Waals surface area contributed by atoms with Gasteiger partial charge in [0.05, 0.1) is 37.2 Å². The molecule has 2 aromatic carbocycles. The molecular weight excluding hydrogens is 645 g/mol. The largest absolute Gasteiger partial charge is 0.377 e. The number of likely N-dealkylation sites (tertiary alicyclic amines) is 1. The number of ether oxygens (including phenoxy) is 1. The number of hydrogen-bond acceptors (Lipinski definition) is 9. The average Bonchev–Trinajstić information content (AvgIpc) is 3.34. The maximum absolute atomic E-state index is 13.0. The summed E-state index contributed by atoms with van der Waals surface area (Å²) in [5.41, 5.74) is 4.32. The van der Waals surface area contributed by atoms with Gasteiger partial charge in [-0.2, -0.15) is 4.31 Å². The molecule has 3 amide bonds. The van der Waals surface area contributed by atoms with E-state index in [0.717, 1.165) is 61.4 Å². The van der Waals surface area contributed by atoms with Crippen LogP contribution in [-0.4, -0.2) is 116 Å². The van der Waals surface area contributed by atoms with Crippen molar-refractivity contribution in [1.29, 1.82) is 0 Å². The summed E-state index contributed by atoms with van der Waals surface area (Å²) in [6.45, 7) is 3.36. The minimum atomic E-state index is -3.36. The number of nitrogens with one attached hydrogen (secondary N) is 2. The predicted molar refractivity (Wildman–Crippen MR) is 188 cm³/mol. The van der Waals surface area contributed by atoms with E-state index in [9.17, 15) is 18.0 Å². The third-order valence-corrected chi connectivity index (χ3v) is 11.5. The highest BCUT2D eigenvalue weighted by Gasteiger charge is 2.41. The first-order valence-corrected chi connectivity index (χ1v) is 18.8. The smallest absolute Gasteiger partial charge is 0.323 e. The Morgan fingerprint density at radius 1 is 0.857 bits per heavy atom. The molecule has 0 spiro atoms. The van der Waals surface area contributed by atoms with Crippen LogP contribution in [0.5, 0.6) is 0 Å². The zero-order valence-electron chi connectivity index (χ0n) is 28.3. The SMILES string of the molecule is CN(C)C1CCN(C(=O)c2ccc(NC(=O)Nc3ccc(-c4nc5c(c(N6[C@@H]7CC[C@H]6COC7)n4)CN(S(C)(=O)=O)CC5)cc3)cc2)CC1. The quantitative estimate of drug-likeness (QED) is 0.381. The molecule has 2 atom stereocenters. The van der Waals surface area contributed by atoms with Gasteiger partial charge in [-0.25, -0.2) is 23.2 Å². The Morgan fingerprint density at radius 2 is 1.47 bits per heavy atom. The summed E-state index contributed by atoms with van der Waals surface area (Å²) in [4.78, 5) is 42.3. The Bertz CT molecular complexity index is 1790. The Labute approximate surface area is 287 Å². The summed E-state index contributed by atoms with van der Waals surface area (Å²) in [7, 11) is 0.796. The third kappa shape index (κ3) is 7.14. The van der Waals surface area contributed by atoms with E-state index in [4.69, 9.17) is 14.7 Å². The van der Waals surface area contributed by atoms with E-state index in [1.54, 1.807) is 24.3 Å². The molecule has 1 aromatic heterocycles. The van der Waals surface area contributed by atoms with E-state index in [2.05, 4.69) is 34.5 Å². The normalized spacial score (nSPS) is 21.5. The fraction of sp³-hybridized carbons (Fsp3) is 0.486. The van der Waals surface area contributed by atoms with E-state index < -0.39 is 16.1 Å². The van der Waals surface area contributed by atoms with Gasteiger partial charge in [0.15, 0.2) is 5.82 Å². The van der Waals surface area contributed by atoms with Gasteiger partial charge in [-0.15, -0.1) is 0 Å². The lowest BCUT2D eigenvalue weighted by atomic mass is 10.0. The number of fused-ring (bicyclic) bond motifs is 3. The van der Waals surface area contributed by atoms with E-state index in [1.165, 1.54) is 10.6 Å². The Morgan fingerprint density at radius 3 is 2.06 bits per heavy atom. The molecule has 260 valence electrons. The zero-order chi connectivity index (χ0) is 34.3. The number of carbonyl (C=O) groups is 2. The first kappa shape index (κ1) is 33.4. The van der Waals surface area contributed by atoms with Crippen molar-refractivity contribution < 1.29 is 22.7 Å². The molecule has 49 heavy (non-hydrogen) atoms. The van der Waals surface area contributed by atoms with Gasteiger partial charge in [-0.1, -0.05) is 0 Å². The molecule has 0 aliphatic carbocycles. The molecule has 3 saturated heterocycles. The number of hydrogen-bond donors (Lipinski definition) is 2. The van der Waals surface area contributed by atoms with Crippen LogP contribution < -0.4 is 15.5 Å². The molecule has 4 aliphatic heterocycles. The highest BCUT2D eigenvalue weighted by molar-refractivity contribution is 7.88. The lowest BCUT2D eigenvalue weighted by molar-refractivity contribution is 0.0663. The van der Waals surface area contributed by atoms with E-state index in [1.807, 2.05) is 29.2 Å². The van der Waals surface area contributed by atoms with Crippen LogP contribution in [0.4, 0.5) is 22.0 Å². The Kier molecular flexibility index (Phi) is 9.31. The average molecular weight is 689 g/mol. The molecule has 3 aromatic rings. The minimum Gasteiger partial charge on any atom is -0.377 e. The second-order valence-electron chi connectivity index (χ2n) is 13.7. The number of sulfonamides is 1. The van der Waals surface area contributed by atoms with Crippen LogP contribution in [0.25, 0.3) is 11.4 Å². The number of morpholine rings is 1. The van der Waals surface area contributed by atoms with E-state index in [0.29, 0.717) is 55.0 Å². The molecule has 2 N–H and O–H groups in total. The maximum Gasteiger partial charge on any atom is 0.323 e. The van der Waals surface area contributed by atoms with Gasteiger partial charge in [0.2, 0.25) is 10.0 Å². The Hall–Kier alpha value is -4.11. The van der Waals surface area contributed by atoms with Gasteiger partial charge in [-0.3, -0.25) is 4.79 Å². The maximum atomic E-state index is 13.0. The van der Waals surface area contributed by atoms with Crippen molar-refractivity contribution in [1.82, 2.24) is 24.1 Å². The van der Waals surface area contributed by atoms with Crippen molar-refractivity contribution in [2.75, 3.05) is 68.7 Å². The number of benzene rings is 2. The summed E-state index contributed by atoms with van der Waals surface area (Å²) in [6.07, 6.45) is 5.70. The molecule has 4 aliphatic rings. The summed E-state index contributed by atoms with van der Waals surface area (Å²) in [6, 6.07) is 14.9. The topological polar surface area (TPSA) is 140 Å². The summed E-state index contributed by atoms with van der Waals surface area (Å²) in [5, 5.41) is 5.71. The number of piperidine rings is 1.